The third-order valence-electron chi connectivity index (χ3n) is 2.94. The van der Waals surface area contributed by atoms with E-state index >= 15 is 0 Å². The molecule has 0 heterocycles. The molecule has 4 atom stereocenters. The third kappa shape index (κ3) is 3.21. The molecule has 0 N–H and O–H groups in total. The first-order valence-electron chi connectivity index (χ1n) is 4.95. The van der Waals surface area contributed by atoms with Gasteiger partial charge in [0.1, 0.15) is 0 Å². The maximum Gasteiger partial charge on any atom is 0.00450 e. The first kappa shape index (κ1) is 10.8. The van der Waals surface area contributed by atoms with Crippen molar-refractivity contribution in [2.45, 2.75) is 50.0 Å². The molecule has 1 saturated carbocycles. The molecule has 0 aliphatic heterocycles. The Labute approximate surface area is 87.3 Å². The molecule has 72 valence electrons. The second-order valence-electron chi connectivity index (χ2n) is 4.31. The average Bonchev–Trinajstić information content (AvgIpc) is 1.96. The Kier molecular flexibility index (Phi) is 4.31. The van der Waals surface area contributed by atoms with Crippen molar-refractivity contribution in [3.63, 3.8) is 0 Å². The van der Waals surface area contributed by atoms with E-state index in [0.717, 1.165) is 11.8 Å². The van der Waals surface area contributed by atoms with E-state index in [1.54, 1.807) is 0 Å². The molecule has 1 aliphatic carbocycles. The second-order valence-corrected chi connectivity index (χ2v) is 5.85. The number of hydrogen-bond acceptors (Lipinski definition) is 2. The zero-order chi connectivity index (χ0) is 9.14. The van der Waals surface area contributed by atoms with E-state index in [9.17, 15) is 0 Å². The first-order valence-corrected chi connectivity index (χ1v) is 5.99. The van der Waals surface area contributed by atoms with Crippen LogP contribution in [0.4, 0.5) is 0 Å². The molecular formula is C10H20S2. The van der Waals surface area contributed by atoms with Gasteiger partial charge in [0, 0.05) is 5.25 Å². The lowest BCUT2D eigenvalue weighted by atomic mass is 9.80. The summed E-state index contributed by atoms with van der Waals surface area (Å²) in [6.07, 6.45) is 5.32. The molecule has 2 heteroatoms. The molecular weight excluding hydrogens is 184 g/mol. The van der Waals surface area contributed by atoms with E-state index in [1.807, 2.05) is 0 Å². The summed E-state index contributed by atoms with van der Waals surface area (Å²) in [6, 6.07) is 0. The zero-order valence-corrected chi connectivity index (χ0v) is 9.82. The topological polar surface area (TPSA) is 0 Å². The predicted molar refractivity (Wildman–Crippen MR) is 62.3 cm³/mol. The molecule has 0 aromatic heterocycles. The van der Waals surface area contributed by atoms with Crippen LogP contribution in [0.15, 0.2) is 0 Å². The number of hydrogen-bond donors (Lipinski definition) is 2. The van der Waals surface area contributed by atoms with Crippen molar-refractivity contribution < 1.29 is 0 Å². The largest absolute Gasteiger partial charge is 0.176 e. The van der Waals surface area contributed by atoms with Crippen molar-refractivity contribution in [1.29, 1.82) is 0 Å². The van der Waals surface area contributed by atoms with Crippen LogP contribution in [0.3, 0.4) is 0 Å². The molecule has 0 nitrogen and oxygen atoms in total. The molecule has 12 heavy (non-hydrogen) atoms. The van der Waals surface area contributed by atoms with Crippen molar-refractivity contribution in [3.05, 3.63) is 0 Å². The highest BCUT2D eigenvalue weighted by Crippen LogP contribution is 2.34. The summed E-state index contributed by atoms with van der Waals surface area (Å²) in [4.78, 5) is 0. The Bertz CT molecular complexity index is 134. The summed E-state index contributed by atoms with van der Waals surface area (Å²) in [5, 5.41) is 1.19. The molecule has 0 radical (unpaired) electrons. The van der Waals surface area contributed by atoms with Crippen LogP contribution in [-0.4, -0.2) is 10.5 Å². The standard InChI is InChI=1S/C10H20S2/c1-7-3-4-9(5-8(2)11)6-10(7)12/h7-12H,3-6H2,1-2H3/t7-,8+,9-,10-/m0/s1. The number of rotatable bonds is 2. The van der Waals surface area contributed by atoms with E-state index in [0.29, 0.717) is 10.5 Å². The highest BCUT2D eigenvalue weighted by Gasteiger charge is 2.25. The minimum atomic E-state index is 0.559. The Hall–Kier alpha value is 0.700. The smallest absolute Gasteiger partial charge is 0.00450 e. The van der Waals surface area contributed by atoms with Crippen LogP contribution in [0, 0.1) is 11.8 Å². The SMILES string of the molecule is C[C@@H](S)C[C@@H]1CC[C@H](C)[C@@H](S)C1. The second kappa shape index (κ2) is 4.80. The van der Waals surface area contributed by atoms with E-state index < -0.39 is 0 Å². The van der Waals surface area contributed by atoms with Crippen LogP contribution < -0.4 is 0 Å². The van der Waals surface area contributed by atoms with Crippen LogP contribution >= 0.6 is 25.3 Å². The minimum absolute atomic E-state index is 0.559. The van der Waals surface area contributed by atoms with E-state index in [4.69, 9.17) is 0 Å². The fourth-order valence-electron chi connectivity index (χ4n) is 2.08. The predicted octanol–water partition coefficient (Wildman–Crippen LogP) is 3.43. The molecule has 1 rings (SSSR count). The highest BCUT2D eigenvalue weighted by molar-refractivity contribution is 7.81. The Balaban J connectivity index is 2.30. The summed E-state index contributed by atoms with van der Waals surface area (Å²) in [5.74, 6) is 1.70. The lowest BCUT2D eigenvalue weighted by molar-refractivity contribution is 0.288. The zero-order valence-electron chi connectivity index (χ0n) is 8.03. The van der Waals surface area contributed by atoms with Gasteiger partial charge in [0.2, 0.25) is 0 Å². The van der Waals surface area contributed by atoms with Crippen molar-refractivity contribution in [2.24, 2.45) is 11.8 Å². The van der Waals surface area contributed by atoms with E-state index in [1.165, 1.54) is 25.7 Å². The monoisotopic (exact) mass is 204 g/mol. The molecule has 0 bridgehead atoms. The average molecular weight is 204 g/mol. The van der Waals surface area contributed by atoms with Crippen LogP contribution in [0.5, 0.6) is 0 Å². The molecule has 1 fully saturated rings. The van der Waals surface area contributed by atoms with Crippen molar-refractivity contribution in [3.8, 4) is 0 Å². The van der Waals surface area contributed by atoms with Crippen LogP contribution in [0.1, 0.15) is 39.5 Å². The fourth-order valence-corrected chi connectivity index (χ4v) is 2.82. The Morgan fingerprint density at radius 2 is 2.08 bits per heavy atom. The Morgan fingerprint density at radius 3 is 2.58 bits per heavy atom. The van der Waals surface area contributed by atoms with Crippen molar-refractivity contribution >= 4 is 25.3 Å². The van der Waals surface area contributed by atoms with Gasteiger partial charge >= 0.3 is 0 Å². The van der Waals surface area contributed by atoms with Gasteiger partial charge in [-0.05, 0) is 36.3 Å². The van der Waals surface area contributed by atoms with Crippen LogP contribution in [-0.2, 0) is 0 Å². The number of thiol groups is 2. The third-order valence-corrected chi connectivity index (χ3v) is 3.87. The summed E-state index contributed by atoms with van der Waals surface area (Å²) < 4.78 is 0. The summed E-state index contributed by atoms with van der Waals surface area (Å²) >= 11 is 9.05. The molecule has 0 aromatic carbocycles. The van der Waals surface area contributed by atoms with Crippen LogP contribution in [0.25, 0.3) is 0 Å². The molecule has 0 spiro atoms. The van der Waals surface area contributed by atoms with Gasteiger partial charge in [-0.1, -0.05) is 20.3 Å². The first-order chi connectivity index (χ1) is 5.59. The van der Waals surface area contributed by atoms with Crippen molar-refractivity contribution in [2.75, 3.05) is 0 Å². The fraction of sp³-hybridized carbons (Fsp3) is 1.00. The van der Waals surface area contributed by atoms with Gasteiger partial charge in [0.25, 0.3) is 0 Å². The lowest BCUT2D eigenvalue weighted by Crippen LogP contribution is -2.24. The highest BCUT2D eigenvalue weighted by atomic mass is 32.1. The summed E-state index contributed by atoms with van der Waals surface area (Å²) in [6.45, 7) is 4.51. The van der Waals surface area contributed by atoms with E-state index in [-0.39, 0.29) is 0 Å². The van der Waals surface area contributed by atoms with Gasteiger partial charge in [-0.15, -0.1) is 0 Å². The Morgan fingerprint density at radius 1 is 1.42 bits per heavy atom. The molecule has 0 amide bonds. The molecule has 0 unspecified atom stereocenters. The summed E-state index contributed by atoms with van der Waals surface area (Å²) in [7, 11) is 0. The van der Waals surface area contributed by atoms with Crippen molar-refractivity contribution in [1.82, 2.24) is 0 Å². The normalized spacial score (nSPS) is 39.5. The van der Waals surface area contributed by atoms with Gasteiger partial charge < -0.3 is 0 Å². The quantitative estimate of drug-likeness (QED) is 0.633. The lowest BCUT2D eigenvalue weighted by Gasteiger charge is -2.32. The van der Waals surface area contributed by atoms with E-state index in [2.05, 4.69) is 39.1 Å². The molecule has 0 saturated heterocycles. The molecule has 0 aromatic rings. The van der Waals surface area contributed by atoms with Gasteiger partial charge in [-0.2, -0.15) is 25.3 Å². The summed E-state index contributed by atoms with van der Waals surface area (Å²) in [5.41, 5.74) is 0. The van der Waals surface area contributed by atoms with Gasteiger partial charge in [0.15, 0.2) is 0 Å². The van der Waals surface area contributed by atoms with Gasteiger partial charge in [-0.3, -0.25) is 0 Å². The molecule has 1 aliphatic rings. The minimum Gasteiger partial charge on any atom is -0.176 e. The maximum absolute atomic E-state index is 4.61. The van der Waals surface area contributed by atoms with Crippen LogP contribution in [0.2, 0.25) is 0 Å². The van der Waals surface area contributed by atoms with Gasteiger partial charge in [-0.25, -0.2) is 0 Å². The van der Waals surface area contributed by atoms with Gasteiger partial charge in [0.05, 0.1) is 0 Å². The maximum atomic E-state index is 4.61.